The van der Waals surface area contributed by atoms with Crippen molar-refractivity contribution in [2.24, 2.45) is 33.7 Å². The Kier molecular flexibility index (Phi) is 8.15. The summed E-state index contributed by atoms with van der Waals surface area (Å²) < 4.78 is 4.79. The number of amides is 1. The highest BCUT2D eigenvalue weighted by Crippen LogP contribution is 2.66. The molecule has 1 aromatic rings. The standard InChI is InChI=1S/C32H41N3O8/c1-30-12-9-21(17-20(30)6-7-22-23(30)10-13-31(2)24(22)11-14-32(31,3)39)34-43-18-28(37)33-25(29(38)42-4)15-19-5-8-27(36)26(16-19)35(40)41/h5,8-9,12,16-17,22-25,36,39H,6-7,10-11,13-15,18H2,1-4H3,(H,33,37). The Morgan fingerprint density at radius 3 is 2.65 bits per heavy atom. The molecule has 11 nitrogen and oxygen atoms in total. The van der Waals surface area contributed by atoms with E-state index in [1.807, 2.05) is 13.0 Å². The van der Waals surface area contributed by atoms with E-state index in [0.717, 1.165) is 50.7 Å². The van der Waals surface area contributed by atoms with Gasteiger partial charge in [-0.25, -0.2) is 4.79 Å². The van der Waals surface area contributed by atoms with Crippen LogP contribution in [-0.2, 0) is 25.6 Å². The fourth-order valence-corrected chi connectivity index (χ4v) is 8.32. The normalized spacial score (nSPS) is 34.3. The number of carbonyl (C=O) groups is 2. The third-order valence-electron chi connectivity index (χ3n) is 11.0. The molecule has 43 heavy (non-hydrogen) atoms. The molecule has 0 aliphatic heterocycles. The maximum Gasteiger partial charge on any atom is 0.328 e. The van der Waals surface area contributed by atoms with Crippen molar-refractivity contribution in [2.75, 3.05) is 13.7 Å². The third kappa shape index (κ3) is 5.55. The van der Waals surface area contributed by atoms with Gasteiger partial charge in [0.15, 0.2) is 12.4 Å². The Labute approximate surface area is 251 Å². The van der Waals surface area contributed by atoms with Crippen LogP contribution in [-0.4, -0.2) is 58.1 Å². The van der Waals surface area contributed by atoms with E-state index in [1.165, 1.54) is 18.7 Å². The van der Waals surface area contributed by atoms with Crippen molar-refractivity contribution in [2.45, 2.75) is 77.4 Å². The van der Waals surface area contributed by atoms with Gasteiger partial charge >= 0.3 is 11.7 Å². The molecule has 5 rings (SSSR count). The maximum atomic E-state index is 12.6. The maximum absolute atomic E-state index is 12.6. The van der Waals surface area contributed by atoms with Gasteiger partial charge in [-0.3, -0.25) is 14.9 Å². The molecule has 0 aromatic heterocycles. The molecule has 0 spiro atoms. The van der Waals surface area contributed by atoms with Gasteiger partial charge in [-0.15, -0.1) is 0 Å². The summed E-state index contributed by atoms with van der Waals surface area (Å²) in [7, 11) is 1.18. The Morgan fingerprint density at radius 1 is 1.19 bits per heavy atom. The first-order valence-corrected chi connectivity index (χ1v) is 14.9. The molecular formula is C32H41N3O8. The number of benzene rings is 1. The van der Waals surface area contributed by atoms with Crippen LogP contribution in [0.25, 0.3) is 0 Å². The van der Waals surface area contributed by atoms with Crippen LogP contribution >= 0.6 is 0 Å². The van der Waals surface area contributed by atoms with Crippen LogP contribution in [0.3, 0.4) is 0 Å². The van der Waals surface area contributed by atoms with Gasteiger partial charge in [0.25, 0.3) is 5.91 Å². The average molecular weight is 596 g/mol. The number of methoxy groups -OCH3 is 1. The summed E-state index contributed by atoms with van der Waals surface area (Å²) in [5.41, 5.74) is 1.08. The van der Waals surface area contributed by atoms with Gasteiger partial charge in [0.1, 0.15) is 11.8 Å². The van der Waals surface area contributed by atoms with Crippen LogP contribution in [0.5, 0.6) is 5.75 Å². The number of aliphatic hydroxyl groups is 1. The van der Waals surface area contributed by atoms with Gasteiger partial charge < -0.3 is 25.1 Å². The van der Waals surface area contributed by atoms with E-state index in [1.54, 1.807) is 0 Å². The van der Waals surface area contributed by atoms with Gasteiger partial charge in [0.05, 0.1) is 17.6 Å². The fourth-order valence-electron chi connectivity index (χ4n) is 8.32. The predicted molar refractivity (Wildman–Crippen MR) is 158 cm³/mol. The smallest absolute Gasteiger partial charge is 0.328 e. The zero-order valence-corrected chi connectivity index (χ0v) is 25.2. The van der Waals surface area contributed by atoms with E-state index in [2.05, 4.69) is 36.5 Å². The number of esters is 1. The Bertz CT molecular complexity index is 1400. The highest BCUT2D eigenvalue weighted by atomic mass is 16.6. The minimum absolute atomic E-state index is 0.0277. The van der Waals surface area contributed by atoms with Crippen LogP contribution in [0.15, 0.2) is 47.2 Å². The fraction of sp³-hybridized carbons (Fsp3) is 0.594. The average Bonchev–Trinajstić information content (AvgIpc) is 3.21. The minimum atomic E-state index is -1.12. The lowest BCUT2D eigenvalue weighted by molar-refractivity contribution is -0.385. The SMILES string of the molecule is COC(=O)C(Cc1ccc(O)c([N+](=O)[O-])c1)NC(=O)CON=C1C=CC2(C)C(=C1)CCC1C2CCC2(C)C1CCC2(C)O. The molecule has 7 atom stereocenters. The largest absolute Gasteiger partial charge is 0.502 e. The van der Waals surface area contributed by atoms with Gasteiger partial charge in [0, 0.05) is 17.9 Å². The lowest BCUT2D eigenvalue weighted by atomic mass is 9.47. The Balaban J connectivity index is 1.20. The number of hydrogen-bond donors (Lipinski definition) is 3. The van der Waals surface area contributed by atoms with Crippen LogP contribution in [0.4, 0.5) is 5.69 Å². The Hall–Kier alpha value is -3.73. The molecule has 4 aliphatic carbocycles. The molecule has 0 saturated heterocycles. The first-order valence-electron chi connectivity index (χ1n) is 14.9. The van der Waals surface area contributed by atoms with Crippen LogP contribution in [0.1, 0.15) is 64.9 Å². The van der Waals surface area contributed by atoms with Crippen molar-refractivity contribution in [3.05, 3.63) is 57.7 Å². The van der Waals surface area contributed by atoms with Crippen molar-refractivity contribution in [3.63, 3.8) is 0 Å². The molecule has 0 heterocycles. The van der Waals surface area contributed by atoms with E-state index in [-0.39, 0.29) is 17.3 Å². The summed E-state index contributed by atoms with van der Waals surface area (Å²) in [6, 6.07) is 2.62. The second kappa shape index (κ2) is 11.4. The number of phenols is 1. The lowest BCUT2D eigenvalue weighted by Crippen LogP contribution is -2.53. The number of oxime groups is 1. The Morgan fingerprint density at radius 2 is 1.93 bits per heavy atom. The molecule has 1 amide bonds. The molecule has 7 unspecified atom stereocenters. The van der Waals surface area contributed by atoms with E-state index in [0.29, 0.717) is 29.0 Å². The number of allylic oxidation sites excluding steroid dienone is 4. The molecule has 11 heteroatoms. The molecule has 0 bridgehead atoms. The second-order valence-corrected chi connectivity index (χ2v) is 13.2. The van der Waals surface area contributed by atoms with E-state index >= 15 is 0 Å². The highest BCUT2D eigenvalue weighted by molar-refractivity contribution is 6.05. The van der Waals surface area contributed by atoms with Crippen molar-refractivity contribution < 1.29 is 34.3 Å². The number of phenolic OH excluding ortho intramolecular Hbond substituents is 1. The summed E-state index contributed by atoms with van der Waals surface area (Å²) in [4.78, 5) is 40.7. The number of aromatic hydroxyl groups is 1. The quantitative estimate of drug-likeness (QED) is 0.227. The van der Waals surface area contributed by atoms with Crippen molar-refractivity contribution in [3.8, 4) is 5.75 Å². The second-order valence-electron chi connectivity index (χ2n) is 13.2. The number of fused-ring (bicyclic) bond motifs is 5. The molecule has 3 N–H and O–H groups in total. The topological polar surface area (TPSA) is 161 Å². The molecule has 232 valence electrons. The number of nitrogens with zero attached hydrogens (tertiary/aromatic N) is 2. The predicted octanol–water partition coefficient (Wildman–Crippen LogP) is 4.36. The molecule has 4 aliphatic rings. The molecule has 3 fully saturated rings. The van der Waals surface area contributed by atoms with Crippen LogP contribution in [0.2, 0.25) is 0 Å². The number of hydrogen-bond acceptors (Lipinski definition) is 9. The number of nitro benzene ring substituents is 1. The van der Waals surface area contributed by atoms with Crippen LogP contribution in [0, 0.1) is 38.7 Å². The van der Waals surface area contributed by atoms with Gasteiger partial charge in [-0.2, -0.15) is 0 Å². The number of nitro groups is 1. The van der Waals surface area contributed by atoms with Crippen LogP contribution < -0.4 is 5.32 Å². The van der Waals surface area contributed by atoms with Crippen molar-refractivity contribution >= 4 is 23.3 Å². The third-order valence-corrected chi connectivity index (χ3v) is 11.0. The van der Waals surface area contributed by atoms with Crippen molar-refractivity contribution in [1.82, 2.24) is 5.32 Å². The summed E-state index contributed by atoms with van der Waals surface area (Å²) in [5.74, 6) is -0.214. The zero-order valence-electron chi connectivity index (χ0n) is 25.2. The summed E-state index contributed by atoms with van der Waals surface area (Å²) in [6.07, 6.45) is 12.2. The number of ether oxygens (including phenoxy) is 1. The molecule has 1 aromatic carbocycles. The summed E-state index contributed by atoms with van der Waals surface area (Å²) >= 11 is 0. The molecular weight excluding hydrogens is 554 g/mol. The minimum Gasteiger partial charge on any atom is -0.502 e. The van der Waals surface area contributed by atoms with E-state index < -0.39 is 46.5 Å². The van der Waals surface area contributed by atoms with Gasteiger partial charge in [0.2, 0.25) is 0 Å². The first kappa shape index (κ1) is 30.7. The first-order chi connectivity index (χ1) is 20.3. The number of carbonyl (C=O) groups excluding carboxylic acids is 2. The van der Waals surface area contributed by atoms with E-state index in [9.17, 15) is 29.9 Å². The van der Waals surface area contributed by atoms with Gasteiger partial charge in [-0.05, 0) is 92.4 Å². The lowest BCUT2D eigenvalue weighted by Gasteiger charge is -2.58. The van der Waals surface area contributed by atoms with Crippen molar-refractivity contribution in [1.29, 1.82) is 0 Å². The highest BCUT2D eigenvalue weighted by Gasteiger charge is 2.62. The summed E-state index contributed by atoms with van der Waals surface area (Å²) in [5, 5.41) is 38.7. The number of rotatable bonds is 8. The number of nitrogens with one attached hydrogen (secondary N) is 1. The van der Waals surface area contributed by atoms with E-state index in [4.69, 9.17) is 9.57 Å². The summed E-state index contributed by atoms with van der Waals surface area (Å²) in [6.45, 7) is 6.18. The van der Waals surface area contributed by atoms with Gasteiger partial charge in [-0.1, -0.05) is 36.7 Å². The monoisotopic (exact) mass is 595 g/mol. The molecule has 0 radical (unpaired) electrons. The molecule has 3 saturated carbocycles. The zero-order chi connectivity index (χ0) is 31.2.